The second kappa shape index (κ2) is 7.64. The van der Waals surface area contributed by atoms with Crippen LogP contribution in [0.2, 0.25) is 0 Å². The summed E-state index contributed by atoms with van der Waals surface area (Å²) in [5, 5.41) is 3.66. The van der Waals surface area contributed by atoms with Crippen molar-refractivity contribution in [1.82, 2.24) is 10.2 Å². The van der Waals surface area contributed by atoms with Crippen molar-refractivity contribution in [3.05, 3.63) is 0 Å². The van der Waals surface area contributed by atoms with Gasteiger partial charge in [-0.15, -0.1) is 0 Å². The van der Waals surface area contributed by atoms with Crippen LogP contribution >= 0.6 is 0 Å². The number of nitrogens with one attached hydrogen (secondary N) is 1. The van der Waals surface area contributed by atoms with E-state index < -0.39 is 0 Å². The molecule has 19 heavy (non-hydrogen) atoms. The third-order valence-electron chi connectivity index (χ3n) is 5.19. The molecule has 0 bridgehead atoms. The molecular formula is C17H34N2. The summed E-state index contributed by atoms with van der Waals surface area (Å²) in [5.41, 5.74) is 0.567. The van der Waals surface area contributed by atoms with Crippen molar-refractivity contribution in [3.8, 4) is 0 Å². The lowest BCUT2D eigenvalue weighted by Crippen LogP contribution is -2.47. The Morgan fingerprint density at radius 3 is 2.47 bits per heavy atom. The van der Waals surface area contributed by atoms with Crippen LogP contribution in [0.5, 0.6) is 0 Å². The highest BCUT2D eigenvalue weighted by Crippen LogP contribution is 2.40. The normalized spacial score (nSPS) is 34.1. The van der Waals surface area contributed by atoms with Gasteiger partial charge in [-0.2, -0.15) is 0 Å². The number of rotatable bonds is 5. The molecule has 0 aromatic rings. The van der Waals surface area contributed by atoms with Gasteiger partial charge in [0, 0.05) is 13.1 Å². The molecular weight excluding hydrogens is 232 g/mol. The van der Waals surface area contributed by atoms with Crippen LogP contribution in [0.1, 0.15) is 65.2 Å². The maximum atomic E-state index is 3.66. The van der Waals surface area contributed by atoms with Crippen LogP contribution in [0.4, 0.5) is 0 Å². The summed E-state index contributed by atoms with van der Waals surface area (Å²) >= 11 is 0. The van der Waals surface area contributed by atoms with Crippen LogP contribution in [0.15, 0.2) is 0 Å². The van der Waals surface area contributed by atoms with Crippen molar-refractivity contribution in [2.24, 2.45) is 11.3 Å². The minimum absolute atomic E-state index is 0.567. The maximum absolute atomic E-state index is 3.66. The topological polar surface area (TPSA) is 15.3 Å². The van der Waals surface area contributed by atoms with Gasteiger partial charge in [-0.3, -0.25) is 0 Å². The highest BCUT2D eigenvalue weighted by Gasteiger charge is 2.36. The Hall–Kier alpha value is -0.0800. The van der Waals surface area contributed by atoms with Crippen LogP contribution in [-0.4, -0.2) is 37.6 Å². The lowest BCUT2D eigenvalue weighted by molar-refractivity contribution is 0.0820. The van der Waals surface area contributed by atoms with Crippen LogP contribution in [0, 0.1) is 11.3 Å². The number of hydrogen-bond donors (Lipinski definition) is 1. The molecule has 1 saturated heterocycles. The summed E-state index contributed by atoms with van der Waals surface area (Å²) in [6, 6.07) is 0. The van der Waals surface area contributed by atoms with Gasteiger partial charge in [-0.1, -0.05) is 39.5 Å². The van der Waals surface area contributed by atoms with E-state index in [0.717, 1.165) is 12.5 Å². The predicted octanol–water partition coefficient (Wildman–Crippen LogP) is 3.67. The molecule has 0 amide bonds. The average Bonchev–Trinajstić information content (AvgIpc) is 2.65. The minimum atomic E-state index is 0.567. The van der Waals surface area contributed by atoms with Crippen molar-refractivity contribution < 1.29 is 0 Å². The molecule has 1 saturated carbocycles. The molecule has 1 N–H and O–H groups in total. The summed E-state index contributed by atoms with van der Waals surface area (Å²) in [6.45, 7) is 11.1. The van der Waals surface area contributed by atoms with E-state index in [9.17, 15) is 0 Å². The third-order valence-corrected chi connectivity index (χ3v) is 5.19. The van der Waals surface area contributed by atoms with E-state index in [1.54, 1.807) is 0 Å². The van der Waals surface area contributed by atoms with Gasteiger partial charge < -0.3 is 10.2 Å². The Bertz CT molecular complexity index is 246. The summed E-state index contributed by atoms with van der Waals surface area (Å²) in [4.78, 5) is 2.78. The SMILES string of the molecule is CCNCC1(CN2CCCCCC2)CCCC(C)C1. The molecule has 0 aromatic heterocycles. The van der Waals surface area contributed by atoms with Gasteiger partial charge in [0.05, 0.1) is 0 Å². The molecule has 2 heteroatoms. The van der Waals surface area contributed by atoms with E-state index in [2.05, 4.69) is 24.1 Å². The lowest BCUT2D eigenvalue weighted by atomic mass is 9.69. The Balaban J connectivity index is 1.95. The molecule has 1 aliphatic carbocycles. The van der Waals surface area contributed by atoms with E-state index in [4.69, 9.17) is 0 Å². The second-order valence-corrected chi connectivity index (χ2v) is 7.17. The first-order valence-electron chi connectivity index (χ1n) is 8.67. The molecule has 0 aromatic carbocycles. The van der Waals surface area contributed by atoms with Gasteiger partial charge in [0.1, 0.15) is 0 Å². The standard InChI is InChI=1S/C17H34N2/c1-3-18-14-17(10-8-9-16(2)13-17)15-19-11-6-4-5-7-12-19/h16,18H,3-15H2,1-2H3. The Labute approximate surface area is 120 Å². The van der Waals surface area contributed by atoms with Crippen molar-refractivity contribution in [2.75, 3.05) is 32.7 Å². The molecule has 0 spiro atoms. The summed E-state index contributed by atoms with van der Waals surface area (Å²) in [5.74, 6) is 0.930. The van der Waals surface area contributed by atoms with Crippen LogP contribution < -0.4 is 5.32 Å². The molecule has 2 rings (SSSR count). The van der Waals surface area contributed by atoms with Gasteiger partial charge in [0.2, 0.25) is 0 Å². The quantitative estimate of drug-likeness (QED) is 0.817. The minimum Gasteiger partial charge on any atom is -0.316 e. The van der Waals surface area contributed by atoms with E-state index >= 15 is 0 Å². The average molecular weight is 266 g/mol. The molecule has 1 aliphatic heterocycles. The van der Waals surface area contributed by atoms with Crippen LogP contribution in [0.3, 0.4) is 0 Å². The van der Waals surface area contributed by atoms with E-state index in [0.29, 0.717) is 5.41 Å². The van der Waals surface area contributed by atoms with E-state index in [1.807, 2.05) is 0 Å². The zero-order chi connectivity index (χ0) is 13.6. The molecule has 2 fully saturated rings. The first kappa shape index (κ1) is 15.3. The van der Waals surface area contributed by atoms with Gasteiger partial charge in [-0.25, -0.2) is 0 Å². The first-order valence-corrected chi connectivity index (χ1v) is 8.67. The first-order chi connectivity index (χ1) is 9.24. The second-order valence-electron chi connectivity index (χ2n) is 7.17. The van der Waals surface area contributed by atoms with E-state index in [-0.39, 0.29) is 0 Å². The molecule has 2 aliphatic rings. The van der Waals surface area contributed by atoms with Gasteiger partial charge >= 0.3 is 0 Å². The highest BCUT2D eigenvalue weighted by molar-refractivity contribution is 4.90. The monoisotopic (exact) mass is 266 g/mol. The lowest BCUT2D eigenvalue weighted by Gasteiger charge is -2.43. The Morgan fingerprint density at radius 1 is 1.11 bits per heavy atom. The van der Waals surface area contributed by atoms with Crippen molar-refractivity contribution in [3.63, 3.8) is 0 Å². The molecule has 1 heterocycles. The fourth-order valence-electron chi connectivity index (χ4n) is 4.29. The zero-order valence-electron chi connectivity index (χ0n) is 13.2. The number of likely N-dealkylation sites (tertiary alicyclic amines) is 1. The smallest absolute Gasteiger partial charge is 0.00502 e. The van der Waals surface area contributed by atoms with Crippen LogP contribution in [-0.2, 0) is 0 Å². The molecule has 112 valence electrons. The zero-order valence-corrected chi connectivity index (χ0v) is 13.2. The Kier molecular flexibility index (Phi) is 6.15. The fourth-order valence-corrected chi connectivity index (χ4v) is 4.29. The van der Waals surface area contributed by atoms with Crippen molar-refractivity contribution in [1.29, 1.82) is 0 Å². The highest BCUT2D eigenvalue weighted by atomic mass is 15.1. The number of nitrogens with zero attached hydrogens (tertiary/aromatic N) is 1. The Morgan fingerprint density at radius 2 is 1.84 bits per heavy atom. The summed E-state index contributed by atoms with van der Waals surface area (Å²) < 4.78 is 0. The largest absolute Gasteiger partial charge is 0.316 e. The van der Waals surface area contributed by atoms with Gasteiger partial charge in [0.15, 0.2) is 0 Å². The van der Waals surface area contributed by atoms with Gasteiger partial charge in [0.25, 0.3) is 0 Å². The molecule has 2 atom stereocenters. The van der Waals surface area contributed by atoms with Crippen LogP contribution in [0.25, 0.3) is 0 Å². The molecule has 0 radical (unpaired) electrons. The molecule has 2 unspecified atom stereocenters. The third kappa shape index (κ3) is 4.75. The summed E-state index contributed by atoms with van der Waals surface area (Å²) in [6.07, 6.45) is 11.5. The van der Waals surface area contributed by atoms with Crippen molar-refractivity contribution in [2.45, 2.75) is 65.2 Å². The summed E-state index contributed by atoms with van der Waals surface area (Å²) in [7, 11) is 0. The fraction of sp³-hybridized carbons (Fsp3) is 1.00. The molecule has 2 nitrogen and oxygen atoms in total. The van der Waals surface area contributed by atoms with Crippen molar-refractivity contribution >= 4 is 0 Å². The van der Waals surface area contributed by atoms with E-state index in [1.165, 1.54) is 77.5 Å². The number of hydrogen-bond acceptors (Lipinski definition) is 2. The maximum Gasteiger partial charge on any atom is 0.00502 e. The van der Waals surface area contributed by atoms with Gasteiger partial charge in [-0.05, 0) is 56.7 Å². The predicted molar refractivity (Wildman–Crippen MR) is 83.5 cm³/mol.